The molecule has 0 aliphatic carbocycles. The van der Waals surface area contributed by atoms with Gasteiger partial charge in [0, 0.05) is 12.1 Å². The minimum atomic E-state index is -5.02. The van der Waals surface area contributed by atoms with Crippen LogP contribution in [0.3, 0.4) is 0 Å². The van der Waals surface area contributed by atoms with Crippen molar-refractivity contribution in [2.75, 3.05) is 0 Å². The van der Waals surface area contributed by atoms with Gasteiger partial charge in [0.2, 0.25) is 0 Å². The highest BCUT2D eigenvalue weighted by atomic mass is 32.2. The summed E-state index contributed by atoms with van der Waals surface area (Å²) >= 11 is 0. The van der Waals surface area contributed by atoms with Crippen molar-refractivity contribution < 1.29 is 22.8 Å². The SMILES string of the molecule is CC(C)c1c([N+](=O)[O-])cc(S(=O)(=O)[O-])cc1[N+](=O)[O-]. The molecule has 0 unspecified atom stereocenters. The summed E-state index contributed by atoms with van der Waals surface area (Å²) < 4.78 is 32.6. The van der Waals surface area contributed by atoms with Crippen LogP contribution in [0.2, 0.25) is 0 Å². The summed E-state index contributed by atoms with van der Waals surface area (Å²) in [5.41, 5.74) is -1.72. The second kappa shape index (κ2) is 4.90. The van der Waals surface area contributed by atoms with E-state index in [2.05, 4.69) is 0 Å². The zero-order valence-electron chi connectivity index (χ0n) is 9.89. The Morgan fingerprint density at radius 1 is 1.05 bits per heavy atom. The third-order valence-corrected chi connectivity index (χ3v) is 3.18. The average Bonchev–Trinajstić information content (AvgIpc) is 2.25. The van der Waals surface area contributed by atoms with Gasteiger partial charge in [0.15, 0.2) is 0 Å². The van der Waals surface area contributed by atoms with Gasteiger partial charge in [-0.3, -0.25) is 20.2 Å². The lowest BCUT2D eigenvalue weighted by Crippen LogP contribution is -2.07. The number of nitro groups is 2. The van der Waals surface area contributed by atoms with Crippen LogP contribution in [0.4, 0.5) is 11.4 Å². The molecule has 0 aromatic heterocycles. The van der Waals surface area contributed by atoms with Gasteiger partial charge in [0.1, 0.15) is 15.7 Å². The fraction of sp³-hybridized carbons (Fsp3) is 0.333. The number of nitrogens with zero attached hydrogens (tertiary/aromatic N) is 2. The first kappa shape index (κ1) is 15.0. The first-order valence-corrected chi connectivity index (χ1v) is 6.39. The lowest BCUT2D eigenvalue weighted by Gasteiger charge is -2.11. The molecule has 0 aliphatic heterocycles. The van der Waals surface area contributed by atoms with Crippen molar-refractivity contribution >= 4 is 21.5 Å². The highest BCUT2D eigenvalue weighted by Crippen LogP contribution is 2.37. The van der Waals surface area contributed by atoms with Crippen LogP contribution in [-0.4, -0.2) is 22.8 Å². The molecule has 0 saturated heterocycles. The van der Waals surface area contributed by atoms with Gasteiger partial charge < -0.3 is 4.55 Å². The molecule has 1 aromatic rings. The van der Waals surface area contributed by atoms with E-state index in [0.717, 1.165) is 0 Å². The first-order chi connectivity index (χ1) is 8.55. The van der Waals surface area contributed by atoms with E-state index in [1.54, 1.807) is 0 Å². The van der Waals surface area contributed by atoms with Crippen molar-refractivity contribution in [3.05, 3.63) is 37.9 Å². The van der Waals surface area contributed by atoms with E-state index in [-0.39, 0.29) is 5.56 Å². The smallest absolute Gasteiger partial charge is 0.281 e. The van der Waals surface area contributed by atoms with Crippen LogP contribution >= 0.6 is 0 Å². The largest absolute Gasteiger partial charge is 0.744 e. The highest BCUT2D eigenvalue weighted by Gasteiger charge is 2.29. The molecule has 9 nitrogen and oxygen atoms in total. The average molecular weight is 289 g/mol. The number of rotatable bonds is 4. The van der Waals surface area contributed by atoms with Crippen molar-refractivity contribution in [1.82, 2.24) is 0 Å². The van der Waals surface area contributed by atoms with Crippen LogP contribution in [0.25, 0.3) is 0 Å². The van der Waals surface area contributed by atoms with Crippen molar-refractivity contribution in [3.8, 4) is 0 Å². The molecule has 0 amide bonds. The van der Waals surface area contributed by atoms with Crippen molar-refractivity contribution in [3.63, 3.8) is 0 Å². The quantitative estimate of drug-likeness (QED) is 0.464. The molecule has 1 rings (SSSR count). The molecule has 0 saturated carbocycles. The molecule has 19 heavy (non-hydrogen) atoms. The number of hydrogen-bond donors (Lipinski definition) is 0. The molecule has 0 radical (unpaired) electrons. The Morgan fingerprint density at radius 2 is 1.42 bits per heavy atom. The van der Waals surface area contributed by atoms with E-state index < -0.39 is 42.2 Å². The van der Waals surface area contributed by atoms with Crippen LogP contribution in [0.1, 0.15) is 25.3 Å². The maximum atomic E-state index is 10.9. The molecule has 0 fully saturated rings. The lowest BCUT2D eigenvalue weighted by molar-refractivity contribution is -0.396. The van der Waals surface area contributed by atoms with Crippen LogP contribution in [0, 0.1) is 20.2 Å². The van der Waals surface area contributed by atoms with Crippen LogP contribution < -0.4 is 0 Å². The maximum absolute atomic E-state index is 10.9. The molecular weight excluding hydrogens is 280 g/mol. The van der Waals surface area contributed by atoms with Crippen LogP contribution in [0.15, 0.2) is 17.0 Å². The molecule has 0 spiro atoms. The Bertz CT molecular complexity index is 616. The van der Waals surface area contributed by atoms with Gasteiger partial charge in [0.05, 0.1) is 14.7 Å². The Kier molecular flexibility index (Phi) is 3.86. The van der Waals surface area contributed by atoms with E-state index >= 15 is 0 Å². The molecule has 0 N–H and O–H groups in total. The van der Waals surface area contributed by atoms with Crippen molar-refractivity contribution in [1.29, 1.82) is 0 Å². The van der Waals surface area contributed by atoms with Crippen LogP contribution in [0.5, 0.6) is 0 Å². The Labute approximate surface area is 107 Å². The minimum absolute atomic E-state index is 0.220. The van der Waals surface area contributed by atoms with E-state index in [9.17, 15) is 33.2 Å². The first-order valence-electron chi connectivity index (χ1n) is 4.98. The van der Waals surface area contributed by atoms with Gasteiger partial charge in [-0.15, -0.1) is 0 Å². The second-order valence-corrected chi connectivity index (χ2v) is 5.38. The zero-order valence-corrected chi connectivity index (χ0v) is 10.7. The Hall–Kier alpha value is -2.07. The minimum Gasteiger partial charge on any atom is -0.744 e. The molecule has 0 aliphatic rings. The molecule has 0 heterocycles. The summed E-state index contributed by atoms with van der Waals surface area (Å²) in [5, 5.41) is 21.7. The van der Waals surface area contributed by atoms with Gasteiger partial charge in [-0.1, -0.05) is 13.8 Å². The van der Waals surface area contributed by atoms with Crippen molar-refractivity contribution in [2.24, 2.45) is 0 Å². The van der Waals surface area contributed by atoms with Gasteiger partial charge in [-0.25, -0.2) is 8.42 Å². The predicted octanol–water partition coefficient (Wildman–Crippen LogP) is 1.53. The summed E-state index contributed by atoms with van der Waals surface area (Å²) in [5.74, 6) is -0.579. The molecule has 0 atom stereocenters. The maximum Gasteiger partial charge on any atom is 0.281 e. The number of nitro benzene ring substituents is 2. The third-order valence-electron chi connectivity index (χ3n) is 2.37. The summed E-state index contributed by atoms with van der Waals surface area (Å²) in [6.45, 7) is 2.97. The second-order valence-electron chi connectivity index (χ2n) is 4.00. The third kappa shape index (κ3) is 3.03. The summed E-state index contributed by atoms with van der Waals surface area (Å²) in [7, 11) is -5.02. The molecule has 10 heteroatoms. The Morgan fingerprint density at radius 3 is 1.63 bits per heavy atom. The highest BCUT2D eigenvalue weighted by molar-refractivity contribution is 7.85. The summed E-state index contributed by atoms with van der Waals surface area (Å²) in [6.07, 6.45) is 0. The molecule has 1 aromatic carbocycles. The van der Waals surface area contributed by atoms with Gasteiger partial charge in [0.25, 0.3) is 11.4 Å². The summed E-state index contributed by atoms with van der Waals surface area (Å²) in [4.78, 5) is 18.8. The Balaban J connectivity index is 3.83. The number of hydrogen-bond acceptors (Lipinski definition) is 7. The topological polar surface area (TPSA) is 143 Å². The van der Waals surface area contributed by atoms with Gasteiger partial charge in [-0.2, -0.15) is 0 Å². The fourth-order valence-electron chi connectivity index (χ4n) is 1.64. The van der Waals surface area contributed by atoms with E-state index in [0.29, 0.717) is 12.1 Å². The zero-order chi connectivity index (χ0) is 15.0. The summed E-state index contributed by atoms with van der Waals surface area (Å²) in [6, 6.07) is 1.09. The standard InChI is InChI=1S/C9H10N2O7S/c1-5(2)9-7(10(12)13)3-6(19(16,17)18)4-8(9)11(14)15/h3-5H,1-2H3,(H,16,17,18)/p-1. The van der Waals surface area contributed by atoms with E-state index in [1.165, 1.54) is 13.8 Å². The van der Waals surface area contributed by atoms with Gasteiger partial charge in [-0.05, 0) is 5.92 Å². The van der Waals surface area contributed by atoms with Gasteiger partial charge >= 0.3 is 0 Å². The molecular formula is C9H9N2O7S-. The van der Waals surface area contributed by atoms with E-state index in [4.69, 9.17) is 0 Å². The fourth-order valence-corrected chi connectivity index (χ4v) is 2.15. The predicted molar refractivity (Wildman–Crippen MR) is 61.8 cm³/mol. The molecule has 104 valence electrons. The monoisotopic (exact) mass is 289 g/mol. The van der Waals surface area contributed by atoms with E-state index in [1.807, 2.05) is 0 Å². The van der Waals surface area contributed by atoms with Crippen molar-refractivity contribution in [2.45, 2.75) is 24.7 Å². The van der Waals surface area contributed by atoms with Crippen LogP contribution in [-0.2, 0) is 10.1 Å². The lowest BCUT2D eigenvalue weighted by atomic mass is 9.99. The number of benzene rings is 1. The molecule has 0 bridgehead atoms. The normalized spacial score (nSPS) is 11.6.